The number of carbonyl (C=O) groups is 1. The van der Waals surface area contributed by atoms with Gasteiger partial charge in [-0.05, 0) is 45.0 Å². The largest absolute Gasteiger partial charge is 0.349 e. The summed E-state index contributed by atoms with van der Waals surface area (Å²) in [5.41, 5.74) is 8.11. The number of nitrogens with zero attached hydrogens (tertiary/aromatic N) is 4. The number of benzene rings is 1. The quantitative estimate of drug-likeness (QED) is 0.759. The molecule has 24 heavy (non-hydrogen) atoms. The van der Waals surface area contributed by atoms with E-state index >= 15 is 0 Å². The smallest absolute Gasteiger partial charge is 0.273 e. The predicted octanol–water partition coefficient (Wildman–Crippen LogP) is 1.59. The zero-order chi connectivity index (χ0) is 17.3. The van der Waals surface area contributed by atoms with Gasteiger partial charge in [-0.25, -0.2) is 4.68 Å². The van der Waals surface area contributed by atoms with Gasteiger partial charge in [-0.2, -0.15) is 0 Å². The number of fused-ring (bicyclic) bond motifs is 1. The van der Waals surface area contributed by atoms with Crippen LogP contribution in [0.25, 0.3) is 16.6 Å². The van der Waals surface area contributed by atoms with Crippen molar-refractivity contribution in [3.63, 3.8) is 0 Å². The van der Waals surface area contributed by atoms with E-state index in [-0.39, 0.29) is 5.91 Å². The second-order valence-corrected chi connectivity index (χ2v) is 6.49. The highest BCUT2D eigenvalue weighted by atomic mass is 16.2. The number of pyridine rings is 1. The average Bonchev–Trinajstić information content (AvgIpc) is 2.93. The van der Waals surface area contributed by atoms with E-state index in [4.69, 9.17) is 5.73 Å². The standard InChI is InChI=1S/C17H20N6O/c1-11-15(16(24)20-10-17(2,3)18)21-22-23(11)13-6-7-14-12(9-13)5-4-8-19-14/h4-9H,10,18H2,1-3H3,(H,20,24). The maximum Gasteiger partial charge on any atom is 0.273 e. The Morgan fingerprint density at radius 1 is 1.33 bits per heavy atom. The summed E-state index contributed by atoms with van der Waals surface area (Å²) in [5.74, 6) is -0.278. The molecular formula is C17H20N6O. The molecule has 0 saturated carbocycles. The van der Waals surface area contributed by atoms with Crippen molar-refractivity contribution in [2.24, 2.45) is 5.73 Å². The van der Waals surface area contributed by atoms with E-state index in [0.717, 1.165) is 16.6 Å². The first-order valence-electron chi connectivity index (χ1n) is 7.70. The van der Waals surface area contributed by atoms with E-state index in [9.17, 15) is 4.79 Å². The van der Waals surface area contributed by atoms with Crippen LogP contribution in [0.1, 0.15) is 30.0 Å². The molecule has 0 aliphatic heterocycles. The molecule has 7 nitrogen and oxygen atoms in total. The monoisotopic (exact) mass is 324 g/mol. The summed E-state index contributed by atoms with van der Waals surface area (Å²) in [5, 5.41) is 11.9. The van der Waals surface area contributed by atoms with Crippen LogP contribution in [0.3, 0.4) is 0 Å². The van der Waals surface area contributed by atoms with Crippen LogP contribution >= 0.6 is 0 Å². The molecule has 2 aromatic heterocycles. The maximum atomic E-state index is 12.3. The predicted molar refractivity (Wildman–Crippen MR) is 92.0 cm³/mol. The average molecular weight is 324 g/mol. The molecule has 0 unspecified atom stereocenters. The second kappa shape index (κ2) is 6.01. The first-order chi connectivity index (χ1) is 11.3. The summed E-state index contributed by atoms with van der Waals surface area (Å²) in [4.78, 5) is 16.6. The van der Waals surface area contributed by atoms with Crippen LogP contribution in [0.2, 0.25) is 0 Å². The number of nitrogens with two attached hydrogens (primary N) is 1. The van der Waals surface area contributed by atoms with Crippen molar-refractivity contribution >= 4 is 16.8 Å². The third kappa shape index (κ3) is 3.26. The van der Waals surface area contributed by atoms with Crippen LogP contribution in [0.4, 0.5) is 0 Å². The van der Waals surface area contributed by atoms with Crippen molar-refractivity contribution in [1.82, 2.24) is 25.3 Å². The van der Waals surface area contributed by atoms with E-state index in [1.807, 2.05) is 51.1 Å². The first kappa shape index (κ1) is 16.1. The second-order valence-electron chi connectivity index (χ2n) is 6.49. The van der Waals surface area contributed by atoms with Crippen LogP contribution in [0.15, 0.2) is 36.5 Å². The van der Waals surface area contributed by atoms with Gasteiger partial charge in [0.15, 0.2) is 5.69 Å². The highest BCUT2D eigenvalue weighted by Crippen LogP contribution is 2.18. The number of hydrogen-bond acceptors (Lipinski definition) is 5. The number of hydrogen-bond donors (Lipinski definition) is 2. The number of amides is 1. The van der Waals surface area contributed by atoms with Gasteiger partial charge in [-0.15, -0.1) is 5.10 Å². The fourth-order valence-corrected chi connectivity index (χ4v) is 2.37. The molecule has 7 heteroatoms. The van der Waals surface area contributed by atoms with E-state index in [1.165, 1.54) is 0 Å². The Morgan fingerprint density at radius 2 is 2.12 bits per heavy atom. The lowest BCUT2D eigenvalue weighted by Gasteiger charge is -2.18. The van der Waals surface area contributed by atoms with Gasteiger partial charge >= 0.3 is 0 Å². The third-order valence-corrected chi connectivity index (χ3v) is 3.65. The normalized spacial score (nSPS) is 11.7. The molecule has 124 valence electrons. The van der Waals surface area contributed by atoms with Gasteiger partial charge in [-0.1, -0.05) is 11.3 Å². The van der Waals surface area contributed by atoms with E-state index in [0.29, 0.717) is 17.9 Å². The number of nitrogens with one attached hydrogen (secondary N) is 1. The molecular weight excluding hydrogens is 304 g/mol. The lowest BCUT2D eigenvalue weighted by atomic mass is 10.1. The molecule has 0 bridgehead atoms. The van der Waals surface area contributed by atoms with Gasteiger partial charge in [0, 0.05) is 23.7 Å². The fraction of sp³-hybridized carbons (Fsp3) is 0.294. The molecule has 0 radical (unpaired) electrons. The molecule has 0 aliphatic carbocycles. The van der Waals surface area contributed by atoms with Crippen molar-refractivity contribution in [2.75, 3.05) is 6.54 Å². The number of rotatable bonds is 4. The van der Waals surface area contributed by atoms with Crippen molar-refractivity contribution in [3.8, 4) is 5.69 Å². The van der Waals surface area contributed by atoms with Crippen LogP contribution < -0.4 is 11.1 Å². The molecule has 1 aromatic carbocycles. The molecule has 3 rings (SSSR count). The Kier molecular flexibility index (Phi) is 4.02. The summed E-state index contributed by atoms with van der Waals surface area (Å²) in [6.07, 6.45) is 1.75. The molecule has 0 aliphatic rings. The Balaban J connectivity index is 1.89. The molecule has 2 heterocycles. The van der Waals surface area contributed by atoms with Crippen LogP contribution in [-0.4, -0.2) is 38.0 Å². The Bertz CT molecular complexity index is 893. The molecule has 0 saturated heterocycles. The third-order valence-electron chi connectivity index (χ3n) is 3.65. The van der Waals surface area contributed by atoms with Crippen molar-refractivity contribution < 1.29 is 4.79 Å². The van der Waals surface area contributed by atoms with Crippen molar-refractivity contribution in [1.29, 1.82) is 0 Å². The SMILES string of the molecule is Cc1c(C(=O)NCC(C)(C)N)nnn1-c1ccc2ncccc2c1. The van der Waals surface area contributed by atoms with Crippen LogP contribution in [0.5, 0.6) is 0 Å². The topological polar surface area (TPSA) is 98.7 Å². The zero-order valence-electron chi connectivity index (χ0n) is 13.9. The minimum absolute atomic E-state index is 0.278. The van der Waals surface area contributed by atoms with E-state index in [1.54, 1.807) is 10.9 Å². The lowest BCUT2D eigenvalue weighted by molar-refractivity contribution is 0.0940. The summed E-state index contributed by atoms with van der Waals surface area (Å²) in [6.45, 7) is 5.87. The number of aromatic nitrogens is 4. The van der Waals surface area contributed by atoms with Gasteiger partial charge in [0.2, 0.25) is 0 Å². The molecule has 3 N–H and O–H groups in total. The summed E-state index contributed by atoms with van der Waals surface area (Å²) >= 11 is 0. The van der Waals surface area contributed by atoms with Crippen molar-refractivity contribution in [2.45, 2.75) is 26.3 Å². The maximum absolute atomic E-state index is 12.3. The van der Waals surface area contributed by atoms with Crippen LogP contribution in [0, 0.1) is 6.92 Å². The van der Waals surface area contributed by atoms with Crippen molar-refractivity contribution in [3.05, 3.63) is 47.9 Å². The zero-order valence-corrected chi connectivity index (χ0v) is 13.9. The Morgan fingerprint density at radius 3 is 2.88 bits per heavy atom. The first-order valence-corrected chi connectivity index (χ1v) is 7.70. The Labute approximate surface area is 139 Å². The van der Waals surface area contributed by atoms with Gasteiger partial charge in [0.1, 0.15) is 0 Å². The highest BCUT2D eigenvalue weighted by Gasteiger charge is 2.19. The molecule has 0 spiro atoms. The fourth-order valence-electron chi connectivity index (χ4n) is 2.37. The van der Waals surface area contributed by atoms with E-state index in [2.05, 4.69) is 20.6 Å². The minimum Gasteiger partial charge on any atom is -0.349 e. The molecule has 1 amide bonds. The van der Waals surface area contributed by atoms with Gasteiger partial charge in [0.05, 0.1) is 16.9 Å². The minimum atomic E-state index is -0.481. The van der Waals surface area contributed by atoms with Crippen LogP contribution in [-0.2, 0) is 0 Å². The summed E-state index contributed by atoms with van der Waals surface area (Å²) in [6, 6.07) is 9.65. The lowest BCUT2D eigenvalue weighted by Crippen LogP contribution is -2.45. The van der Waals surface area contributed by atoms with Gasteiger partial charge in [0.25, 0.3) is 5.91 Å². The summed E-state index contributed by atoms with van der Waals surface area (Å²) < 4.78 is 1.65. The molecule has 3 aromatic rings. The Hall–Kier alpha value is -2.80. The highest BCUT2D eigenvalue weighted by molar-refractivity contribution is 5.93. The molecule has 0 fully saturated rings. The van der Waals surface area contributed by atoms with Gasteiger partial charge < -0.3 is 11.1 Å². The summed E-state index contributed by atoms with van der Waals surface area (Å²) in [7, 11) is 0. The van der Waals surface area contributed by atoms with E-state index < -0.39 is 5.54 Å². The number of carbonyl (C=O) groups excluding carboxylic acids is 1. The molecule has 0 atom stereocenters. The van der Waals surface area contributed by atoms with Gasteiger partial charge in [-0.3, -0.25) is 9.78 Å².